The van der Waals surface area contributed by atoms with Crippen molar-refractivity contribution < 1.29 is 31.2 Å². The maximum absolute atomic E-state index is 5.95. The lowest BCUT2D eigenvalue weighted by atomic mass is 9.70. The van der Waals surface area contributed by atoms with Crippen molar-refractivity contribution in [2.75, 3.05) is 6.61 Å². The smallest absolute Gasteiger partial charge is 0.134 e. The van der Waals surface area contributed by atoms with E-state index in [0.717, 1.165) is 88.4 Å². The predicted molar refractivity (Wildman–Crippen MR) is 483 cm³/mol. The molecule has 8 aromatic rings. The van der Waals surface area contributed by atoms with E-state index in [9.17, 15) is 0 Å². The van der Waals surface area contributed by atoms with Crippen LogP contribution in [0.2, 0.25) is 0 Å². The van der Waals surface area contributed by atoms with Gasteiger partial charge in [-0.2, -0.15) is 0 Å². The van der Waals surface area contributed by atoms with Crippen molar-refractivity contribution in [2.24, 2.45) is 99.1 Å². The first-order chi connectivity index (χ1) is 51.9. The van der Waals surface area contributed by atoms with Crippen LogP contribution in [0.25, 0.3) is 11.0 Å². The summed E-state index contributed by atoms with van der Waals surface area (Å²) in [7, 11) is 0. The maximum Gasteiger partial charge on any atom is 0.134 e. The van der Waals surface area contributed by atoms with E-state index in [1.54, 1.807) is 0 Å². The van der Waals surface area contributed by atoms with Gasteiger partial charge in [-0.3, -0.25) is 0 Å². The second-order valence-electron chi connectivity index (χ2n) is 41.7. The zero-order chi connectivity index (χ0) is 84.9. The molecule has 112 heavy (non-hydrogen) atoms. The third-order valence-electron chi connectivity index (χ3n) is 23.9. The van der Waals surface area contributed by atoms with Crippen LogP contribution in [0.1, 0.15) is 402 Å². The minimum atomic E-state index is 0.262. The number of fused-ring (bicyclic) bond motifs is 2. The van der Waals surface area contributed by atoms with E-state index in [-0.39, 0.29) is 5.41 Å². The van der Waals surface area contributed by atoms with E-state index in [1.807, 2.05) is 51.5 Å². The van der Waals surface area contributed by atoms with Crippen LogP contribution in [0.5, 0.6) is 5.75 Å². The summed E-state index contributed by atoms with van der Waals surface area (Å²) in [6, 6.07) is 34.3. The SMILES string of the molecule is CC(C)C(c1cc2ccccc2o1)C(C)C.CC(C)[C@@H](C)C(C)(C)C.CC(C)[C@@H](c1ccc2c(c1)OCC2)C(C)(C)C.CC(C)c1coc(C(C(C)C)C(C)C)c1.CC(C)c1coc([C@H](C(C)C)C2CC2)c1.Cc1ccc(C(C(C)C)C(C)C)o1.Cc1ccc([C@H](C(C)C)C(C)(C)C)o1.Cc1ccc([C@H](C(C)C)C2CC2)o1. The van der Waals surface area contributed by atoms with Crippen LogP contribution in [0.4, 0.5) is 0 Å². The van der Waals surface area contributed by atoms with E-state index in [4.69, 9.17) is 31.2 Å². The van der Waals surface area contributed by atoms with Crippen molar-refractivity contribution in [3.8, 4) is 5.75 Å². The average Bonchev–Trinajstić information content (AvgIpc) is 0.906. The van der Waals surface area contributed by atoms with Crippen LogP contribution in [-0.4, -0.2) is 6.61 Å². The number of rotatable bonds is 22. The first kappa shape index (κ1) is 98.5. The number of aryl methyl sites for hydroxylation is 3. The monoisotopic (exact) mass is 1540 g/mol. The first-order valence-corrected chi connectivity index (χ1v) is 44.5. The number of ether oxygens (including phenoxy) is 1. The lowest BCUT2D eigenvalue weighted by molar-refractivity contribution is 0.199. The Morgan fingerprint density at radius 2 is 0.714 bits per heavy atom. The Morgan fingerprint density at radius 3 is 1.06 bits per heavy atom. The highest BCUT2D eigenvalue weighted by molar-refractivity contribution is 5.77. The summed E-state index contributed by atoms with van der Waals surface area (Å²) in [4.78, 5) is 0. The Kier molecular flexibility index (Phi) is 39.1. The molecule has 7 nitrogen and oxygen atoms in total. The summed E-state index contributed by atoms with van der Waals surface area (Å²) in [5.74, 6) is 26.1. The Balaban J connectivity index is 0.000000271. The fourth-order valence-electron chi connectivity index (χ4n) is 18.2. The van der Waals surface area contributed by atoms with Crippen molar-refractivity contribution in [3.05, 3.63) is 184 Å². The predicted octanol–water partition coefficient (Wildman–Crippen LogP) is 34.0. The van der Waals surface area contributed by atoms with Crippen LogP contribution < -0.4 is 4.74 Å². The molecule has 5 atom stereocenters. The minimum absolute atomic E-state index is 0.262. The van der Waals surface area contributed by atoms with Crippen LogP contribution in [0.15, 0.2) is 136 Å². The Bertz CT molecular complexity index is 3670. The van der Waals surface area contributed by atoms with Gasteiger partial charge in [-0.1, -0.05) is 280 Å². The van der Waals surface area contributed by atoms with Gasteiger partial charge in [0.1, 0.15) is 63.2 Å². The molecule has 0 saturated heterocycles. The molecule has 0 bridgehead atoms. The van der Waals surface area contributed by atoms with E-state index in [1.165, 1.54) is 64.8 Å². The molecule has 1 aliphatic heterocycles. The number of hydrogen-bond acceptors (Lipinski definition) is 7. The summed E-state index contributed by atoms with van der Waals surface area (Å²) < 4.78 is 40.2. The highest BCUT2D eigenvalue weighted by Crippen LogP contribution is 2.50. The second kappa shape index (κ2) is 44.5. The molecule has 0 amide bonds. The van der Waals surface area contributed by atoms with Crippen LogP contribution in [0.3, 0.4) is 0 Å². The lowest BCUT2D eigenvalue weighted by Gasteiger charge is -2.34. The number of hydrogen-bond donors (Lipinski definition) is 0. The molecule has 632 valence electrons. The minimum Gasteiger partial charge on any atom is -0.493 e. The van der Waals surface area contributed by atoms with Gasteiger partial charge in [0.05, 0.1) is 19.1 Å². The van der Waals surface area contributed by atoms with Gasteiger partial charge < -0.3 is 31.2 Å². The van der Waals surface area contributed by atoms with Crippen molar-refractivity contribution in [1.82, 2.24) is 0 Å². The van der Waals surface area contributed by atoms with Gasteiger partial charge in [0.2, 0.25) is 0 Å². The van der Waals surface area contributed by atoms with Crippen LogP contribution in [0, 0.1) is 120 Å². The van der Waals surface area contributed by atoms with E-state index < -0.39 is 0 Å². The topological polar surface area (TPSA) is 88.1 Å². The summed E-state index contributed by atoms with van der Waals surface area (Å²) in [5, 5.41) is 1.21. The third-order valence-corrected chi connectivity index (χ3v) is 23.9. The number of para-hydroxylation sites is 1. The Morgan fingerprint density at radius 1 is 0.321 bits per heavy atom. The fourth-order valence-corrected chi connectivity index (χ4v) is 18.2. The Hall–Kier alpha value is -5.82. The molecule has 0 N–H and O–H groups in total. The normalized spacial score (nSPS) is 15.3. The van der Waals surface area contributed by atoms with Crippen molar-refractivity contribution >= 4 is 11.0 Å². The van der Waals surface area contributed by atoms with Gasteiger partial charge >= 0.3 is 0 Å². The largest absolute Gasteiger partial charge is 0.493 e. The van der Waals surface area contributed by atoms with Gasteiger partial charge in [-0.25, -0.2) is 0 Å². The molecule has 2 aromatic carbocycles. The van der Waals surface area contributed by atoms with Crippen LogP contribution >= 0.6 is 0 Å². The number of furan rings is 6. The molecule has 11 rings (SSSR count). The molecular formula is C105H170O7. The highest BCUT2D eigenvalue weighted by Gasteiger charge is 2.38. The molecule has 2 aliphatic carbocycles. The standard InChI is InChI=1S/C16H24O.C15H20O.C14H22O.C14H24O.C13H22O.C12H18O.C12H20O.C9H20/c1-11(2)15(16(3,4)5)13-7-6-12-8-9-17-14(12)10-13;1-10(2)15(11(3)4)14-9-12-7-5-6-8-13(12)16-14;1-9(2)12-7-13(15-8-12)14(10(3)4)11-5-6-11;1-9(2)12-7-13(15-8-12)14(10(3)4)11(5)6;1-9(2)12(13(4,5)6)11-8-7-10(3)14-11;1-8(2)12(10-5-6-10)11-7-4-9(3)13-11;1-8(2)12(9(3)4)11-7-6-10(5)13-11;1-7(2)8(3)9(4,5)6/h6-7,10-11,15H,8-9H2,1-5H3;5-11,15H,1-4H3;7-11,14H,5-6H2,1-4H3;7-11,14H,1-6H3;7-9,12H,1-6H3;4,7-8,10,12H,5-6H2,1-3H3;6-9,12H,1-5H3;7-8H,1-6H3/t15-;;14-;;2*12-;;8-/m0.1.01.1/s1. The molecule has 2 saturated carbocycles. The second-order valence-corrected chi connectivity index (χ2v) is 41.7. The number of benzene rings is 2. The summed E-state index contributed by atoms with van der Waals surface area (Å²) in [6.45, 7) is 88.8. The van der Waals surface area contributed by atoms with Crippen molar-refractivity contribution in [1.29, 1.82) is 0 Å². The van der Waals surface area contributed by atoms with Crippen LogP contribution in [-0.2, 0) is 6.42 Å². The van der Waals surface area contributed by atoms with E-state index >= 15 is 0 Å². The van der Waals surface area contributed by atoms with Gasteiger partial charge in [0.25, 0.3) is 0 Å². The molecule has 0 spiro atoms. The Labute approximate surface area is 688 Å². The lowest BCUT2D eigenvalue weighted by Crippen LogP contribution is -2.23. The molecule has 3 aliphatic rings. The quantitative estimate of drug-likeness (QED) is 0.0668. The van der Waals surface area contributed by atoms with E-state index in [0.29, 0.717) is 123 Å². The van der Waals surface area contributed by atoms with Gasteiger partial charge in [0, 0.05) is 47.3 Å². The first-order valence-electron chi connectivity index (χ1n) is 44.5. The molecule has 0 unspecified atom stereocenters. The molecule has 6 aromatic heterocycles. The molecule has 7 heterocycles. The molecule has 7 heteroatoms. The zero-order valence-electron chi connectivity index (χ0n) is 79.3. The highest BCUT2D eigenvalue weighted by atomic mass is 16.5. The molecule has 2 fully saturated rings. The van der Waals surface area contributed by atoms with Gasteiger partial charge in [-0.05, 0) is 252 Å². The van der Waals surface area contributed by atoms with Gasteiger partial charge in [0.15, 0.2) is 0 Å². The van der Waals surface area contributed by atoms with E-state index in [2.05, 4.69) is 328 Å². The van der Waals surface area contributed by atoms with Crippen molar-refractivity contribution in [3.63, 3.8) is 0 Å². The average molecular weight is 1540 g/mol. The summed E-state index contributed by atoms with van der Waals surface area (Å²) >= 11 is 0. The summed E-state index contributed by atoms with van der Waals surface area (Å²) in [5.41, 5.74) is 7.49. The molecule has 0 radical (unpaired) electrons. The van der Waals surface area contributed by atoms with Crippen molar-refractivity contribution in [2.45, 2.75) is 355 Å². The third kappa shape index (κ3) is 31.0. The zero-order valence-corrected chi connectivity index (χ0v) is 79.3. The van der Waals surface area contributed by atoms with Gasteiger partial charge in [-0.15, -0.1) is 0 Å². The maximum atomic E-state index is 5.95. The fraction of sp³-hybridized carbons (Fsp3) is 0.676. The summed E-state index contributed by atoms with van der Waals surface area (Å²) in [6.07, 6.45) is 10.5. The molecular weight excluding hydrogens is 1370 g/mol.